The van der Waals surface area contributed by atoms with Gasteiger partial charge in [-0.05, 0) is 37.4 Å². The molecule has 0 saturated heterocycles. The second kappa shape index (κ2) is 6.30. The van der Waals surface area contributed by atoms with Gasteiger partial charge in [0.05, 0.1) is 0 Å². The predicted octanol–water partition coefficient (Wildman–Crippen LogP) is 3.83. The SMILES string of the molecule is CCSC1CCCC1NC1CCCC(C)C1. The van der Waals surface area contributed by atoms with Gasteiger partial charge in [0.15, 0.2) is 0 Å². The van der Waals surface area contributed by atoms with Crippen LogP contribution in [0, 0.1) is 5.92 Å². The van der Waals surface area contributed by atoms with E-state index in [-0.39, 0.29) is 0 Å². The largest absolute Gasteiger partial charge is 0.310 e. The van der Waals surface area contributed by atoms with Gasteiger partial charge in [0.1, 0.15) is 0 Å². The Kier molecular flexibility index (Phi) is 5.02. The Hall–Kier alpha value is 0.310. The van der Waals surface area contributed by atoms with E-state index in [0.717, 1.165) is 23.3 Å². The van der Waals surface area contributed by atoms with Crippen LogP contribution in [0.25, 0.3) is 0 Å². The van der Waals surface area contributed by atoms with Crippen molar-refractivity contribution in [3.05, 3.63) is 0 Å². The van der Waals surface area contributed by atoms with Crippen molar-refractivity contribution < 1.29 is 0 Å². The maximum atomic E-state index is 3.96. The topological polar surface area (TPSA) is 12.0 Å². The van der Waals surface area contributed by atoms with Crippen LogP contribution in [-0.2, 0) is 0 Å². The van der Waals surface area contributed by atoms with Crippen molar-refractivity contribution in [3.8, 4) is 0 Å². The molecule has 0 bridgehead atoms. The van der Waals surface area contributed by atoms with Crippen LogP contribution < -0.4 is 5.32 Å². The zero-order chi connectivity index (χ0) is 11.4. The van der Waals surface area contributed by atoms with Crippen molar-refractivity contribution in [1.82, 2.24) is 5.32 Å². The number of hydrogen-bond donors (Lipinski definition) is 1. The molecule has 1 nitrogen and oxygen atoms in total. The Labute approximate surface area is 105 Å². The van der Waals surface area contributed by atoms with Crippen LogP contribution in [0.2, 0.25) is 0 Å². The van der Waals surface area contributed by atoms with Gasteiger partial charge < -0.3 is 5.32 Å². The van der Waals surface area contributed by atoms with Crippen molar-refractivity contribution >= 4 is 11.8 Å². The number of thioether (sulfide) groups is 1. The van der Waals surface area contributed by atoms with E-state index in [1.165, 1.54) is 50.7 Å². The summed E-state index contributed by atoms with van der Waals surface area (Å²) in [5.41, 5.74) is 0. The fourth-order valence-electron chi connectivity index (χ4n) is 3.42. The van der Waals surface area contributed by atoms with Gasteiger partial charge in [-0.1, -0.05) is 33.1 Å². The highest BCUT2D eigenvalue weighted by molar-refractivity contribution is 7.99. The molecule has 2 fully saturated rings. The van der Waals surface area contributed by atoms with Gasteiger partial charge in [0, 0.05) is 17.3 Å². The van der Waals surface area contributed by atoms with Crippen molar-refractivity contribution in [1.29, 1.82) is 0 Å². The molecule has 1 N–H and O–H groups in total. The van der Waals surface area contributed by atoms with E-state index in [4.69, 9.17) is 0 Å². The predicted molar refractivity (Wildman–Crippen MR) is 74.1 cm³/mol. The zero-order valence-corrected chi connectivity index (χ0v) is 11.7. The number of nitrogens with one attached hydrogen (secondary N) is 1. The number of rotatable bonds is 4. The Bertz CT molecular complexity index is 207. The molecule has 4 unspecified atom stereocenters. The molecule has 2 saturated carbocycles. The van der Waals surface area contributed by atoms with Crippen molar-refractivity contribution in [2.75, 3.05) is 5.75 Å². The lowest BCUT2D eigenvalue weighted by molar-refractivity contribution is 0.282. The highest BCUT2D eigenvalue weighted by Gasteiger charge is 2.30. The monoisotopic (exact) mass is 241 g/mol. The molecular formula is C14H27NS. The third-order valence-electron chi connectivity index (χ3n) is 4.22. The van der Waals surface area contributed by atoms with E-state index in [1.807, 2.05) is 0 Å². The smallest absolute Gasteiger partial charge is 0.0201 e. The summed E-state index contributed by atoms with van der Waals surface area (Å²) in [4.78, 5) is 0. The Balaban J connectivity index is 1.79. The minimum atomic E-state index is 0.820. The molecule has 2 aliphatic rings. The maximum absolute atomic E-state index is 3.96. The third kappa shape index (κ3) is 3.40. The fraction of sp³-hybridized carbons (Fsp3) is 1.00. The lowest BCUT2D eigenvalue weighted by Crippen LogP contribution is -2.43. The van der Waals surface area contributed by atoms with E-state index < -0.39 is 0 Å². The van der Waals surface area contributed by atoms with Crippen LogP contribution in [0.4, 0.5) is 0 Å². The number of hydrogen-bond acceptors (Lipinski definition) is 2. The minimum absolute atomic E-state index is 0.820. The van der Waals surface area contributed by atoms with Crippen molar-refractivity contribution in [2.24, 2.45) is 5.92 Å². The van der Waals surface area contributed by atoms with Crippen LogP contribution in [0.5, 0.6) is 0 Å². The van der Waals surface area contributed by atoms with Gasteiger partial charge >= 0.3 is 0 Å². The third-order valence-corrected chi connectivity index (χ3v) is 5.55. The molecule has 0 heterocycles. The molecule has 0 aromatic heterocycles. The molecule has 0 aromatic rings. The van der Waals surface area contributed by atoms with E-state index in [1.54, 1.807) is 0 Å². The van der Waals surface area contributed by atoms with E-state index >= 15 is 0 Å². The normalized spacial score (nSPS) is 40.1. The standard InChI is InChI=1S/C14H27NS/c1-3-16-14-9-5-8-13(14)15-12-7-4-6-11(2)10-12/h11-15H,3-10H2,1-2H3. The van der Waals surface area contributed by atoms with Crippen LogP contribution in [0.1, 0.15) is 58.8 Å². The van der Waals surface area contributed by atoms with Crippen molar-refractivity contribution in [3.63, 3.8) is 0 Å². The van der Waals surface area contributed by atoms with E-state index in [2.05, 4.69) is 30.9 Å². The van der Waals surface area contributed by atoms with E-state index in [9.17, 15) is 0 Å². The summed E-state index contributed by atoms with van der Waals surface area (Å²) in [6.07, 6.45) is 10.0. The molecule has 16 heavy (non-hydrogen) atoms. The lowest BCUT2D eigenvalue weighted by Gasteiger charge is -2.32. The summed E-state index contributed by atoms with van der Waals surface area (Å²) in [5, 5.41) is 4.87. The molecule has 0 aliphatic heterocycles. The summed E-state index contributed by atoms with van der Waals surface area (Å²) in [6.45, 7) is 4.71. The molecule has 2 rings (SSSR count). The maximum Gasteiger partial charge on any atom is 0.0201 e. The van der Waals surface area contributed by atoms with Crippen molar-refractivity contribution in [2.45, 2.75) is 76.1 Å². The van der Waals surface area contributed by atoms with Gasteiger partial charge in [-0.15, -0.1) is 0 Å². The first-order valence-corrected chi connectivity index (χ1v) is 8.22. The highest BCUT2D eigenvalue weighted by atomic mass is 32.2. The second-order valence-corrected chi connectivity index (χ2v) is 7.18. The Morgan fingerprint density at radius 2 is 1.94 bits per heavy atom. The van der Waals surface area contributed by atoms with Crippen LogP contribution in [0.3, 0.4) is 0 Å². The molecule has 94 valence electrons. The van der Waals surface area contributed by atoms with Gasteiger partial charge in [0.2, 0.25) is 0 Å². The van der Waals surface area contributed by atoms with E-state index in [0.29, 0.717) is 0 Å². The Morgan fingerprint density at radius 3 is 2.69 bits per heavy atom. The molecule has 2 heteroatoms. The molecule has 0 radical (unpaired) electrons. The first-order valence-electron chi connectivity index (χ1n) is 7.17. The van der Waals surface area contributed by atoms with Gasteiger partial charge in [-0.25, -0.2) is 0 Å². The molecule has 4 atom stereocenters. The summed E-state index contributed by atoms with van der Waals surface area (Å²) in [7, 11) is 0. The molecule has 0 amide bonds. The first-order chi connectivity index (χ1) is 7.79. The average Bonchev–Trinajstić information content (AvgIpc) is 2.66. The fourth-order valence-corrected chi connectivity index (χ4v) is 4.63. The minimum Gasteiger partial charge on any atom is -0.310 e. The first kappa shape index (κ1) is 12.8. The molecular weight excluding hydrogens is 214 g/mol. The summed E-state index contributed by atoms with van der Waals surface area (Å²) in [6, 6.07) is 1.65. The second-order valence-electron chi connectivity index (χ2n) is 5.67. The molecule has 2 aliphatic carbocycles. The summed E-state index contributed by atoms with van der Waals surface area (Å²) >= 11 is 2.17. The average molecular weight is 241 g/mol. The van der Waals surface area contributed by atoms with Gasteiger partial charge in [-0.2, -0.15) is 11.8 Å². The van der Waals surface area contributed by atoms with Gasteiger partial charge in [-0.3, -0.25) is 0 Å². The lowest BCUT2D eigenvalue weighted by atomic mass is 9.86. The molecule has 0 spiro atoms. The zero-order valence-electron chi connectivity index (χ0n) is 10.9. The van der Waals surface area contributed by atoms with Gasteiger partial charge in [0.25, 0.3) is 0 Å². The summed E-state index contributed by atoms with van der Waals surface area (Å²) < 4.78 is 0. The van der Waals surface area contributed by atoms with Crippen LogP contribution in [-0.4, -0.2) is 23.1 Å². The molecule has 0 aromatic carbocycles. The van der Waals surface area contributed by atoms with Crippen LogP contribution >= 0.6 is 11.8 Å². The highest BCUT2D eigenvalue weighted by Crippen LogP contribution is 2.32. The quantitative estimate of drug-likeness (QED) is 0.803. The Morgan fingerprint density at radius 1 is 1.12 bits per heavy atom. The van der Waals surface area contributed by atoms with Crippen LogP contribution in [0.15, 0.2) is 0 Å². The summed E-state index contributed by atoms with van der Waals surface area (Å²) in [5.74, 6) is 2.23.